The summed E-state index contributed by atoms with van der Waals surface area (Å²) in [6.45, 7) is 8.53. The maximum absolute atomic E-state index is 12.0. The summed E-state index contributed by atoms with van der Waals surface area (Å²) < 4.78 is 5.04. The Bertz CT molecular complexity index is 445. The molecule has 0 fully saturated rings. The van der Waals surface area contributed by atoms with Crippen molar-refractivity contribution in [3.8, 4) is 0 Å². The molecule has 5 nitrogen and oxygen atoms in total. The van der Waals surface area contributed by atoms with Gasteiger partial charge in [0.15, 0.2) is 0 Å². The van der Waals surface area contributed by atoms with E-state index in [9.17, 15) is 4.79 Å². The second-order valence-corrected chi connectivity index (χ2v) is 4.89. The van der Waals surface area contributed by atoms with E-state index < -0.39 is 5.97 Å². The van der Waals surface area contributed by atoms with Gasteiger partial charge in [0.05, 0.1) is 18.5 Å². The largest absolute Gasteiger partial charge is 0.462 e. The third-order valence-electron chi connectivity index (χ3n) is 3.52. The molecule has 1 atom stereocenters. The van der Waals surface area contributed by atoms with Gasteiger partial charge in [0.1, 0.15) is 11.4 Å². The standard InChI is InChI=1S/C15H25N3O2/c1-5-11(6-2)10(4)18-14-13(15(19)20-7-3)8-12(16)9-17-14/h8-11H,5-7,16H2,1-4H3,(H,17,18). The van der Waals surface area contributed by atoms with Crippen LogP contribution in [0.4, 0.5) is 11.5 Å². The molecule has 0 amide bonds. The molecule has 5 heteroatoms. The number of carbonyl (C=O) groups excluding carboxylic acids is 1. The number of nitrogens with one attached hydrogen (secondary N) is 1. The first-order chi connectivity index (χ1) is 9.53. The van der Waals surface area contributed by atoms with E-state index in [1.807, 2.05) is 0 Å². The monoisotopic (exact) mass is 279 g/mol. The zero-order valence-corrected chi connectivity index (χ0v) is 12.8. The van der Waals surface area contributed by atoms with Crippen molar-refractivity contribution in [2.45, 2.75) is 46.6 Å². The number of nitrogens with zero attached hydrogens (tertiary/aromatic N) is 1. The first-order valence-corrected chi connectivity index (χ1v) is 7.22. The van der Waals surface area contributed by atoms with E-state index in [0.717, 1.165) is 12.8 Å². The molecule has 1 heterocycles. The number of anilines is 2. The van der Waals surface area contributed by atoms with Crippen LogP contribution in [0.3, 0.4) is 0 Å². The smallest absolute Gasteiger partial charge is 0.341 e. The van der Waals surface area contributed by atoms with E-state index >= 15 is 0 Å². The molecular formula is C15H25N3O2. The summed E-state index contributed by atoms with van der Waals surface area (Å²) >= 11 is 0. The highest BCUT2D eigenvalue weighted by Crippen LogP contribution is 2.21. The summed E-state index contributed by atoms with van der Waals surface area (Å²) in [5.41, 5.74) is 6.55. The lowest BCUT2D eigenvalue weighted by Crippen LogP contribution is -2.27. The Morgan fingerprint density at radius 2 is 2.05 bits per heavy atom. The van der Waals surface area contributed by atoms with Crippen molar-refractivity contribution in [2.24, 2.45) is 5.92 Å². The van der Waals surface area contributed by atoms with E-state index in [4.69, 9.17) is 10.5 Å². The molecule has 20 heavy (non-hydrogen) atoms. The predicted octanol–water partition coefficient (Wildman–Crippen LogP) is 3.08. The third-order valence-corrected chi connectivity index (χ3v) is 3.52. The van der Waals surface area contributed by atoms with Gasteiger partial charge in [-0.05, 0) is 25.8 Å². The summed E-state index contributed by atoms with van der Waals surface area (Å²) in [7, 11) is 0. The van der Waals surface area contributed by atoms with Crippen LogP contribution in [0.1, 0.15) is 50.9 Å². The third kappa shape index (κ3) is 4.11. The molecule has 1 rings (SSSR count). The fraction of sp³-hybridized carbons (Fsp3) is 0.600. The number of hydrogen-bond acceptors (Lipinski definition) is 5. The van der Waals surface area contributed by atoms with Gasteiger partial charge in [-0.15, -0.1) is 0 Å². The van der Waals surface area contributed by atoms with Gasteiger partial charge in [-0.1, -0.05) is 26.7 Å². The number of ether oxygens (including phenoxy) is 1. The summed E-state index contributed by atoms with van der Waals surface area (Å²) in [5, 5.41) is 3.31. The van der Waals surface area contributed by atoms with Crippen molar-refractivity contribution in [1.29, 1.82) is 0 Å². The molecular weight excluding hydrogens is 254 g/mol. The highest BCUT2D eigenvalue weighted by molar-refractivity contribution is 5.95. The fourth-order valence-electron chi connectivity index (χ4n) is 2.29. The van der Waals surface area contributed by atoms with E-state index in [1.54, 1.807) is 19.2 Å². The lowest BCUT2D eigenvalue weighted by molar-refractivity contribution is 0.0527. The van der Waals surface area contributed by atoms with Gasteiger partial charge in [0.25, 0.3) is 0 Å². The zero-order chi connectivity index (χ0) is 15.1. The van der Waals surface area contributed by atoms with E-state index in [2.05, 4.69) is 31.1 Å². The molecule has 1 unspecified atom stereocenters. The highest BCUT2D eigenvalue weighted by Gasteiger charge is 2.19. The average molecular weight is 279 g/mol. The first kappa shape index (κ1) is 16.3. The number of nitrogens with two attached hydrogens (primary N) is 1. The molecule has 1 aromatic rings. The summed E-state index contributed by atoms with van der Waals surface area (Å²) in [5.74, 6) is 0.674. The number of esters is 1. The Morgan fingerprint density at radius 1 is 1.40 bits per heavy atom. The van der Waals surface area contributed by atoms with Crippen molar-refractivity contribution in [1.82, 2.24) is 4.98 Å². The number of carbonyl (C=O) groups is 1. The topological polar surface area (TPSA) is 77.2 Å². The minimum atomic E-state index is -0.397. The quantitative estimate of drug-likeness (QED) is 0.750. The van der Waals surface area contributed by atoms with Crippen LogP contribution in [-0.2, 0) is 4.74 Å². The molecule has 0 bridgehead atoms. The molecule has 0 radical (unpaired) electrons. The normalized spacial score (nSPS) is 12.2. The number of nitrogen functional groups attached to an aromatic ring is 1. The minimum Gasteiger partial charge on any atom is -0.462 e. The summed E-state index contributed by atoms with van der Waals surface area (Å²) in [4.78, 5) is 16.2. The Morgan fingerprint density at radius 3 is 2.60 bits per heavy atom. The fourth-order valence-corrected chi connectivity index (χ4v) is 2.29. The summed E-state index contributed by atoms with van der Waals surface area (Å²) in [6.07, 6.45) is 3.70. The number of aromatic nitrogens is 1. The second-order valence-electron chi connectivity index (χ2n) is 4.89. The van der Waals surface area contributed by atoms with Gasteiger partial charge < -0.3 is 15.8 Å². The van der Waals surface area contributed by atoms with Crippen molar-refractivity contribution in [3.63, 3.8) is 0 Å². The van der Waals surface area contributed by atoms with Crippen LogP contribution in [0, 0.1) is 5.92 Å². The molecule has 1 aromatic heterocycles. The van der Waals surface area contributed by atoms with Gasteiger partial charge >= 0.3 is 5.97 Å². The second kappa shape index (κ2) is 7.72. The summed E-state index contributed by atoms with van der Waals surface area (Å²) in [6, 6.07) is 1.83. The van der Waals surface area contributed by atoms with Crippen LogP contribution < -0.4 is 11.1 Å². The van der Waals surface area contributed by atoms with Crippen LogP contribution in [0.25, 0.3) is 0 Å². The maximum Gasteiger partial charge on any atom is 0.341 e. The van der Waals surface area contributed by atoms with E-state index in [1.165, 1.54) is 0 Å². The molecule has 112 valence electrons. The van der Waals surface area contributed by atoms with Crippen molar-refractivity contribution >= 4 is 17.5 Å². The number of rotatable bonds is 7. The van der Waals surface area contributed by atoms with Gasteiger partial charge in [0.2, 0.25) is 0 Å². The average Bonchev–Trinajstić information content (AvgIpc) is 2.42. The molecule has 0 aliphatic carbocycles. The molecule has 0 aliphatic rings. The highest BCUT2D eigenvalue weighted by atomic mass is 16.5. The lowest BCUT2D eigenvalue weighted by atomic mass is 9.95. The molecule has 0 aliphatic heterocycles. The van der Waals surface area contributed by atoms with Crippen LogP contribution in [0.15, 0.2) is 12.3 Å². The molecule has 3 N–H and O–H groups in total. The Kier molecular flexibility index (Phi) is 6.28. The van der Waals surface area contributed by atoms with Crippen molar-refractivity contribution < 1.29 is 9.53 Å². The molecule has 0 saturated heterocycles. The molecule has 0 spiro atoms. The van der Waals surface area contributed by atoms with Gasteiger partial charge in [-0.2, -0.15) is 0 Å². The lowest BCUT2D eigenvalue weighted by Gasteiger charge is -2.24. The van der Waals surface area contributed by atoms with Crippen molar-refractivity contribution in [3.05, 3.63) is 17.8 Å². The zero-order valence-electron chi connectivity index (χ0n) is 12.8. The Labute approximate surface area is 120 Å². The number of hydrogen-bond donors (Lipinski definition) is 2. The van der Waals surface area contributed by atoms with Crippen LogP contribution in [-0.4, -0.2) is 23.6 Å². The Balaban J connectivity index is 2.96. The van der Waals surface area contributed by atoms with Crippen LogP contribution in [0.2, 0.25) is 0 Å². The van der Waals surface area contributed by atoms with Crippen molar-refractivity contribution in [2.75, 3.05) is 17.7 Å². The number of pyridine rings is 1. The van der Waals surface area contributed by atoms with Crippen LogP contribution >= 0.6 is 0 Å². The van der Waals surface area contributed by atoms with Gasteiger partial charge in [-0.25, -0.2) is 9.78 Å². The first-order valence-electron chi connectivity index (χ1n) is 7.22. The molecule has 0 aromatic carbocycles. The van der Waals surface area contributed by atoms with Gasteiger partial charge in [0, 0.05) is 6.04 Å². The maximum atomic E-state index is 12.0. The minimum absolute atomic E-state index is 0.231. The Hall–Kier alpha value is -1.78. The van der Waals surface area contributed by atoms with Crippen LogP contribution in [0.5, 0.6) is 0 Å². The SMILES string of the molecule is CCOC(=O)c1cc(N)cnc1NC(C)C(CC)CC. The predicted molar refractivity (Wildman–Crippen MR) is 81.8 cm³/mol. The molecule has 0 saturated carbocycles. The van der Waals surface area contributed by atoms with E-state index in [-0.39, 0.29) is 6.04 Å². The van der Waals surface area contributed by atoms with E-state index in [0.29, 0.717) is 29.6 Å². The van der Waals surface area contributed by atoms with Gasteiger partial charge in [-0.3, -0.25) is 0 Å².